The smallest absolute Gasteiger partial charge is 0.0110 e. The molecule has 0 aromatic carbocycles. The Morgan fingerprint density at radius 2 is 1.62 bits per heavy atom. The van der Waals surface area contributed by atoms with Crippen LogP contribution in [-0.4, -0.2) is 55.6 Å². The zero-order chi connectivity index (χ0) is 15.3. The lowest BCUT2D eigenvalue weighted by Crippen LogP contribution is -2.47. The van der Waals surface area contributed by atoms with E-state index in [1.165, 1.54) is 71.4 Å². The summed E-state index contributed by atoms with van der Waals surface area (Å²) in [6, 6.07) is 0. The van der Waals surface area contributed by atoms with E-state index in [4.69, 9.17) is 5.73 Å². The van der Waals surface area contributed by atoms with Crippen LogP contribution in [0.1, 0.15) is 52.9 Å². The molecule has 1 heterocycles. The standard InChI is InChI=1S/C18H37N3/c1-18(2,3)17(8-9-19)5-4-10-20-11-13-21(14-12-20)15-16-6-7-16/h16-17H,4-15,19H2,1-3H3. The molecule has 1 aliphatic carbocycles. The minimum absolute atomic E-state index is 0.405. The van der Waals surface area contributed by atoms with E-state index in [-0.39, 0.29) is 0 Å². The summed E-state index contributed by atoms with van der Waals surface area (Å²) in [4.78, 5) is 5.35. The number of hydrogen-bond acceptors (Lipinski definition) is 3. The molecule has 2 fully saturated rings. The molecule has 0 aromatic rings. The highest BCUT2D eigenvalue weighted by molar-refractivity contribution is 4.81. The van der Waals surface area contributed by atoms with Gasteiger partial charge in [0.15, 0.2) is 0 Å². The van der Waals surface area contributed by atoms with Gasteiger partial charge in [-0.05, 0) is 62.4 Å². The fraction of sp³-hybridized carbons (Fsp3) is 1.00. The van der Waals surface area contributed by atoms with Crippen molar-refractivity contribution in [3.63, 3.8) is 0 Å². The fourth-order valence-electron chi connectivity index (χ4n) is 3.63. The molecule has 21 heavy (non-hydrogen) atoms. The molecular weight excluding hydrogens is 258 g/mol. The largest absolute Gasteiger partial charge is 0.330 e. The van der Waals surface area contributed by atoms with Gasteiger partial charge in [-0.25, -0.2) is 0 Å². The highest BCUT2D eigenvalue weighted by Crippen LogP contribution is 2.32. The van der Waals surface area contributed by atoms with Crippen molar-refractivity contribution in [1.29, 1.82) is 0 Å². The molecule has 1 saturated carbocycles. The summed E-state index contributed by atoms with van der Waals surface area (Å²) in [5.41, 5.74) is 6.19. The van der Waals surface area contributed by atoms with Gasteiger partial charge in [0.1, 0.15) is 0 Å². The molecular formula is C18H37N3. The van der Waals surface area contributed by atoms with Crippen LogP contribution in [0.5, 0.6) is 0 Å². The van der Waals surface area contributed by atoms with Crippen LogP contribution in [0.25, 0.3) is 0 Å². The Labute approximate surface area is 132 Å². The SMILES string of the molecule is CC(C)(C)C(CCN)CCCN1CCN(CC2CC2)CC1. The first-order chi connectivity index (χ1) is 9.99. The first kappa shape index (κ1) is 17.2. The van der Waals surface area contributed by atoms with Crippen molar-refractivity contribution >= 4 is 0 Å². The summed E-state index contributed by atoms with van der Waals surface area (Å²) < 4.78 is 0. The second kappa shape index (κ2) is 7.94. The molecule has 3 nitrogen and oxygen atoms in total. The Kier molecular flexibility index (Phi) is 6.51. The maximum absolute atomic E-state index is 5.78. The van der Waals surface area contributed by atoms with Crippen molar-refractivity contribution < 1.29 is 0 Å². The minimum atomic E-state index is 0.405. The molecule has 1 aliphatic heterocycles. The maximum Gasteiger partial charge on any atom is 0.0110 e. The summed E-state index contributed by atoms with van der Waals surface area (Å²) in [6.07, 6.45) is 6.82. The van der Waals surface area contributed by atoms with Gasteiger partial charge < -0.3 is 15.5 Å². The number of hydrogen-bond donors (Lipinski definition) is 1. The fourth-order valence-corrected chi connectivity index (χ4v) is 3.63. The third-order valence-electron chi connectivity index (χ3n) is 5.45. The van der Waals surface area contributed by atoms with Gasteiger partial charge >= 0.3 is 0 Å². The van der Waals surface area contributed by atoms with Gasteiger partial charge in [-0.2, -0.15) is 0 Å². The van der Waals surface area contributed by atoms with Crippen LogP contribution < -0.4 is 5.73 Å². The van der Waals surface area contributed by atoms with Crippen molar-refractivity contribution in [2.75, 3.05) is 45.8 Å². The summed E-state index contributed by atoms with van der Waals surface area (Å²) in [5.74, 6) is 1.82. The Bertz CT molecular complexity index is 285. The molecule has 2 rings (SSSR count). The predicted molar refractivity (Wildman–Crippen MR) is 91.5 cm³/mol. The summed E-state index contributed by atoms with van der Waals surface area (Å²) in [7, 11) is 0. The van der Waals surface area contributed by atoms with Gasteiger partial charge in [-0.1, -0.05) is 20.8 Å². The Balaban J connectivity index is 1.59. The monoisotopic (exact) mass is 295 g/mol. The van der Waals surface area contributed by atoms with E-state index in [0.29, 0.717) is 5.41 Å². The molecule has 0 radical (unpaired) electrons. The number of nitrogens with two attached hydrogens (primary N) is 1. The number of rotatable bonds is 8. The Morgan fingerprint density at radius 3 is 2.14 bits per heavy atom. The topological polar surface area (TPSA) is 32.5 Å². The molecule has 1 unspecified atom stereocenters. The summed E-state index contributed by atoms with van der Waals surface area (Å²) >= 11 is 0. The van der Waals surface area contributed by atoms with Crippen molar-refractivity contribution in [3.8, 4) is 0 Å². The highest BCUT2D eigenvalue weighted by Gasteiger charge is 2.27. The van der Waals surface area contributed by atoms with Crippen molar-refractivity contribution in [2.24, 2.45) is 23.0 Å². The van der Waals surface area contributed by atoms with Gasteiger partial charge in [0.25, 0.3) is 0 Å². The van der Waals surface area contributed by atoms with E-state index in [1.807, 2.05) is 0 Å². The predicted octanol–water partition coefficient (Wildman–Crippen LogP) is 2.81. The summed E-state index contributed by atoms with van der Waals surface area (Å²) in [6.45, 7) is 15.7. The quantitative estimate of drug-likeness (QED) is 0.747. The van der Waals surface area contributed by atoms with Gasteiger partial charge in [-0.15, -0.1) is 0 Å². The van der Waals surface area contributed by atoms with Gasteiger partial charge in [0.05, 0.1) is 0 Å². The lowest BCUT2D eigenvalue weighted by atomic mass is 9.76. The molecule has 2 N–H and O–H groups in total. The van der Waals surface area contributed by atoms with E-state index in [2.05, 4.69) is 30.6 Å². The van der Waals surface area contributed by atoms with E-state index in [1.54, 1.807) is 0 Å². The van der Waals surface area contributed by atoms with Crippen LogP contribution in [0.4, 0.5) is 0 Å². The number of piperazine rings is 1. The van der Waals surface area contributed by atoms with Crippen LogP contribution in [0.3, 0.4) is 0 Å². The van der Waals surface area contributed by atoms with E-state index in [0.717, 1.165) is 18.4 Å². The normalized spacial score (nSPS) is 23.4. The lowest BCUT2D eigenvalue weighted by Gasteiger charge is -2.36. The molecule has 0 spiro atoms. The van der Waals surface area contributed by atoms with E-state index >= 15 is 0 Å². The van der Waals surface area contributed by atoms with Crippen LogP contribution in [0.15, 0.2) is 0 Å². The second-order valence-corrected chi connectivity index (χ2v) is 8.37. The first-order valence-corrected chi connectivity index (χ1v) is 9.14. The average molecular weight is 296 g/mol. The molecule has 3 heteroatoms. The lowest BCUT2D eigenvalue weighted by molar-refractivity contribution is 0.121. The molecule has 0 amide bonds. The third-order valence-corrected chi connectivity index (χ3v) is 5.45. The zero-order valence-electron chi connectivity index (χ0n) is 14.6. The Hall–Kier alpha value is -0.120. The molecule has 2 aliphatic rings. The van der Waals surface area contributed by atoms with Crippen molar-refractivity contribution in [3.05, 3.63) is 0 Å². The van der Waals surface area contributed by atoms with Gasteiger partial charge in [0.2, 0.25) is 0 Å². The highest BCUT2D eigenvalue weighted by atomic mass is 15.3. The third kappa shape index (κ3) is 6.25. The van der Waals surface area contributed by atoms with Gasteiger partial charge in [0, 0.05) is 32.7 Å². The second-order valence-electron chi connectivity index (χ2n) is 8.37. The van der Waals surface area contributed by atoms with Crippen LogP contribution in [0, 0.1) is 17.3 Å². The average Bonchev–Trinajstić information content (AvgIpc) is 3.22. The van der Waals surface area contributed by atoms with Crippen molar-refractivity contribution in [1.82, 2.24) is 9.80 Å². The van der Waals surface area contributed by atoms with Crippen LogP contribution in [0.2, 0.25) is 0 Å². The molecule has 0 aromatic heterocycles. The maximum atomic E-state index is 5.78. The van der Waals surface area contributed by atoms with E-state index < -0.39 is 0 Å². The van der Waals surface area contributed by atoms with Crippen LogP contribution >= 0.6 is 0 Å². The van der Waals surface area contributed by atoms with Gasteiger partial charge in [-0.3, -0.25) is 0 Å². The first-order valence-electron chi connectivity index (χ1n) is 9.14. The minimum Gasteiger partial charge on any atom is -0.330 e. The summed E-state index contributed by atoms with van der Waals surface area (Å²) in [5, 5.41) is 0. The molecule has 1 atom stereocenters. The molecule has 124 valence electrons. The van der Waals surface area contributed by atoms with Crippen LogP contribution in [-0.2, 0) is 0 Å². The number of nitrogens with zero attached hydrogens (tertiary/aromatic N) is 2. The van der Waals surface area contributed by atoms with Crippen molar-refractivity contribution in [2.45, 2.75) is 52.9 Å². The molecule has 0 bridgehead atoms. The molecule has 1 saturated heterocycles. The van der Waals surface area contributed by atoms with E-state index in [9.17, 15) is 0 Å². The Morgan fingerprint density at radius 1 is 1.00 bits per heavy atom. The zero-order valence-corrected chi connectivity index (χ0v) is 14.6.